The van der Waals surface area contributed by atoms with Gasteiger partial charge in [0.25, 0.3) is 5.91 Å². The summed E-state index contributed by atoms with van der Waals surface area (Å²) in [6.45, 7) is 11.3. The van der Waals surface area contributed by atoms with E-state index in [1.165, 1.54) is 12.1 Å². The normalized spacial score (nSPS) is 11.9. The van der Waals surface area contributed by atoms with Crippen LogP contribution in [0.3, 0.4) is 0 Å². The van der Waals surface area contributed by atoms with Gasteiger partial charge in [0.05, 0.1) is 13.2 Å². The Morgan fingerprint density at radius 2 is 1.46 bits per heavy atom. The molecule has 35 heavy (non-hydrogen) atoms. The molecule has 2 rings (SSSR count). The minimum absolute atomic E-state index is 0.0364. The summed E-state index contributed by atoms with van der Waals surface area (Å²) >= 11 is 0. The molecule has 0 aliphatic rings. The molecule has 0 aliphatic heterocycles. The van der Waals surface area contributed by atoms with Crippen molar-refractivity contribution in [2.24, 2.45) is 5.92 Å². The predicted molar refractivity (Wildman–Crippen MR) is 132 cm³/mol. The highest BCUT2D eigenvalue weighted by Gasteiger charge is 2.32. The van der Waals surface area contributed by atoms with Gasteiger partial charge in [-0.05, 0) is 61.4 Å². The molecule has 0 aliphatic carbocycles. The summed E-state index contributed by atoms with van der Waals surface area (Å²) in [6.07, 6.45) is -0.698. The molecule has 0 aromatic heterocycles. The van der Waals surface area contributed by atoms with Crippen molar-refractivity contribution in [3.05, 3.63) is 54.3 Å². The molecule has 2 aromatic carbocycles. The summed E-state index contributed by atoms with van der Waals surface area (Å²) < 4.78 is 29.6. The molecule has 1 N–H and O–H groups in total. The first-order valence-electron chi connectivity index (χ1n) is 11.9. The molecule has 0 saturated carbocycles. The lowest BCUT2D eigenvalue weighted by atomic mass is 10.0. The van der Waals surface area contributed by atoms with Crippen molar-refractivity contribution in [3.8, 4) is 17.2 Å². The average molecular weight is 490 g/mol. The molecule has 0 fully saturated rings. The van der Waals surface area contributed by atoms with E-state index in [-0.39, 0.29) is 37.4 Å². The number of amides is 2. The highest BCUT2D eigenvalue weighted by molar-refractivity contribution is 5.95. The number of benzene rings is 2. The number of hydrogen-bond donors (Lipinski definition) is 1. The zero-order valence-electron chi connectivity index (χ0n) is 21.1. The number of halogens is 1. The van der Waals surface area contributed by atoms with Crippen molar-refractivity contribution < 1.29 is 28.2 Å². The SMILES string of the molecule is CCOC(=O)N(CCOc1ccc(Oc2ccc(F)cc2)cc1)C(=O)C(NN(CC)CC)C(C)C. The summed E-state index contributed by atoms with van der Waals surface area (Å²) in [7, 11) is 0. The predicted octanol–water partition coefficient (Wildman–Crippen LogP) is 4.85. The first-order chi connectivity index (χ1) is 16.8. The Morgan fingerprint density at radius 3 is 1.97 bits per heavy atom. The van der Waals surface area contributed by atoms with Crippen LogP contribution in [-0.4, -0.2) is 60.8 Å². The van der Waals surface area contributed by atoms with Crippen LogP contribution in [0.25, 0.3) is 0 Å². The molecular formula is C26H36FN3O5. The fourth-order valence-electron chi connectivity index (χ4n) is 3.25. The molecule has 0 heterocycles. The molecule has 1 unspecified atom stereocenters. The first kappa shape index (κ1) is 28.1. The maximum atomic E-state index is 13.3. The van der Waals surface area contributed by atoms with Gasteiger partial charge in [0.2, 0.25) is 0 Å². The van der Waals surface area contributed by atoms with Crippen molar-refractivity contribution in [1.29, 1.82) is 0 Å². The second-order valence-electron chi connectivity index (χ2n) is 8.09. The molecule has 0 bridgehead atoms. The topological polar surface area (TPSA) is 80.3 Å². The minimum atomic E-state index is -0.698. The molecular weight excluding hydrogens is 453 g/mol. The van der Waals surface area contributed by atoms with Gasteiger partial charge in [-0.15, -0.1) is 0 Å². The Hall–Kier alpha value is -3.17. The second kappa shape index (κ2) is 14.3. The molecule has 1 atom stereocenters. The van der Waals surface area contributed by atoms with Crippen LogP contribution >= 0.6 is 0 Å². The van der Waals surface area contributed by atoms with E-state index in [0.29, 0.717) is 17.2 Å². The van der Waals surface area contributed by atoms with Crippen molar-refractivity contribution in [2.75, 3.05) is 32.8 Å². The fraction of sp³-hybridized carbons (Fsp3) is 0.462. The summed E-state index contributed by atoms with van der Waals surface area (Å²) in [5, 5.41) is 1.93. The van der Waals surface area contributed by atoms with Crippen LogP contribution in [0, 0.1) is 11.7 Å². The lowest BCUT2D eigenvalue weighted by molar-refractivity contribution is -0.134. The third kappa shape index (κ3) is 8.84. The number of ether oxygens (including phenoxy) is 3. The highest BCUT2D eigenvalue weighted by Crippen LogP contribution is 2.24. The van der Waals surface area contributed by atoms with Gasteiger partial charge < -0.3 is 14.2 Å². The Balaban J connectivity index is 2.01. The average Bonchev–Trinajstić information content (AvgIpc) is 2.84. The molecule has 9 heteroatoms. The third-order valence-corrected chi connectivity index (χ3v) is 5.23. The molecule has 0 saturated heterocycles. The van der Waals surface area contributed by atoms with Crippen LogP contribution in [0.4, 0.5) is 9.18 Å². The Morgan fingerprint density at radius 1 is 0.914 bits per heavy atom. The van der Waals surface area contributed by atoms with E-state index in [1.54, 1.807) is 43.3 Å². The number of rotatable bonds is 13. The van der Waals surface area contributed by atoms with Gasteiger partial charge in [-0.25, -0.2) is 24.5 Å². The van der Waals surface area contributed by atoms with Crippen molar-refractivity contribution in [1.82, 2.24) is 15.3 Å². The number of carbonyl (C=O) groups excluding carboxylic acids is 2. The van der Waals surface area contributed by atoms with Gasteiger partial charge in [-0.1, -0.05) is 27.7 Å². The largest absolute Gasteiger partial charge is 0.492 e. The van der Waals surface area contributed by atoms with Crippen LogP contribution in [0.15, 0.2) is 48.5 Å². The zero-order chi connectivity index (χ0) is 25.8. The maximum Gasteiger partial charge on any atom is 0.416 e. The molecule has 8 nitrogen and oxygen atoms in total. The van der Waals surface area contributed by atoms with Crippen LogP contribution in [0.5, 0.6) is 17.2 Å². The number of hydrogen-bond acceptors (Lipinski definition) is 7. The summed E-state index contributed by atoms with van der Waals surface area (Å²) in [6, 6.07) is 12.0. The monoisotopic (exact) mass is 489 g/mol. The smallest absolute Gasteiger partial charge is 0.416 e. The van der Waals surface area contributed by atoms with Gasteiger partial charge in [0.1, 0.15) is 35.7 Å². The van der Waals surface area contributed by atoms with Gasteiger partial charge in [-0.3, -0.25) is 4.79 Å². The summed E-state index contributed by atoms with van der Waals surface area (Å²) in [5.41, 5.74) is 3.23. The molecule has 2 aromatic rings. The van der Waals surface area contributed by atoms with E-state index in [2.05, 4.69) is 5.43 Å². The van der Waals surface area contributed by atoms with E-state index >= 15 is 0 Å². The van der Waals surface area contributed by atoms with Crippen LogP contribution in [0.1, 0.15) is 34.6 Å². The van der Waals surface area contributed by atoms with Crippen molar-refractivity contribution >= 4 is 12.0 Å². The Labute approximate surface area is 206 Å². The third-order valence-electron chi connectivity index (χ3n) is 5.23. The highest BCUT2D eigenvalue weighted by atomic mass is 19.1. The van der Waals surface area contributed by atoms with Gasteiger partial charge >= 0.3 is 6.09 Å². The lowest BCUT2D eigenvalue weighted by Gasteiger charge is -2.32. The molecule has 0 radical (unpaired) electrons. The molecule has 0 spiro atoms. The summed E-state index contributed by atoms with van der Waals surface area (Å²) in [5.74, 6) is 0.886. The van der Waals surface area contributed by atoms with Crippen molar-refractivity contribution in [3.63, 3.8) is 0 Å². The van der Waals surface area contributed by atoms with Gasteiger partial charge in [0.15, 0.2) is 0 Å². The number of nitrogens with zero attached hydrogens (tertiary/aromatic N) is 2. The minimum Gasteiger partial charge on any atom is -0.492 e. The Kier molecular flexibility index (Phi) is 11.5. The quantitative estimate of drug-likeness (QED) is 0.403. The fourth-order valence-corrected chi connectivity index (χ4v) is 3.25. The van der Waals surface area contributed by atoms with Crippen LogP contribution in [0.2, 0.25) is 0 Å². The zero-order valence-corrected chi connectivity index (χ0v) is 21.1. The standard InChI is InChI=1S/C26H36FN3O5/c1-6-29(7-2)28-24(19(4)5)25(31)30(26(32)33-8-3)17-18-34-21-13-15-23(16-14-21)35-22-11-9-20(27)10-12-22/h9-16,19,24,28H,6-8,17-18H2,1-5H3. The van der Waals surface area contributed by atoms with E-state index in [1.807, 2.05) is 32.7 Å². The number of nitrogens with one attached hydrogen (secondary N) is 1. The summed E-state index contributed by atoms with van der Waals surface area (Å²) in [4.78, 5) is 26.9. The van der Waals surface area contributed by atoms with E-state index in [0.717, 1.165) is 18.0 Å². The van der Waals surface area contributed by atoms with Gasteiger partial charge in [-0.2, -0.15) is 0 Å². The molecule has 2 amide bonds. The maximum absolute atomic E-state index is 13.3. The van der Waals surface area contributed by atoms with E-state index < -0.39 is 12.1 Å². The van der Waals surface area contributed by atoms with Crippen molar-refractivity contribution in [2.45, 2.75) is 40.7 Å². The van der Waals surface area contributed by atoms with E-state index in [9.17, 15) is 14.0 Å². The van der Waals surface area contributed by atoms with E-state index in [4.69, 9.17) is 14.2 Å². The van der Waals surface area contributed by atoms with Gasteiger partial charge in [0, 0.05) is 13.1 Å². The number of imide groups is 1. The number of hydrazine groups is 1. The lowest BCUT2D eigenvalue weighted by Crippen LogP contribution is -2.57. The molecule has 192 valence electrons. The van der Waals surface area contributed by atoms with Crippen LogP contribution in [-0.2, 0) is 9.53 Å². The second-order valence-corrected chi connectivity index (χ2v) is 8.09. The Bertz CT molecular complexity index is 918. The number of carbonyl (C=O) groups is 2. The van der Waals surface area contributed by atoms with Crippen LogP contribution < -0.4 is 14.9 Å². The first-order valence-corrected chi connectivity index (χ1v) is 11.9.